The van der Waals surface area contributed by atoms with Gasteiger partial charge in [-0.15, -0.1) is 0 Å². The summed E-state index contributed by atoms with van der Waals surface area (Å²) >= 11 is 0. The Labute approximate surface area is 115 Å². The maximum atomic E-state index is 13.1. The summed E-state index contributed by atoms with van der Waals surface area (Å²) in [5.74, 6) is -0.981. The third-order valence-electron chi connectivity index (χ3n) is 2.67. The molecule has 5 heteroatoms. The number of nitrogens with zero attached hydrogens (tertiary/aromatic N) is 1. The van der Waals surface area contributed by atoms with E-state index in [1.807, 2.05) is 6.07 Å². The van der Waals surface area contributed by atoms with Gasteiger partial charge >= 0.3 is 0 Å². The van der Waals surface area contributed by atoms with Gasteiger partial charge in [0.15, 0.2) is 23.1 Å². The Morgan fingerprint density at radius 3 is 2.50 bits per heavy atom. The van der Waals surface area contributed by atoms with Gasteiger partial charge < -0.3 is 9.47 Å². The molecule has 0 unspecified atom stereocenters. The second-order valence-electron chi connectivity index (χ2n) is 4.01. The van der Waals surface area contributed by atoms with Gasteiger partial charge in [0.1, 0.15) is 6.61 Å². The van der Waals surface area contributed by atoms with Crippen LogP contribution in [0, 0.1) is 23.0 Å². The Balaban J connectivity index is 2.14. The normalized spacial score (nSPS) is 9.90. The Kier molecular flexibility index (Phi) is 4.16. The number of nitriles is 1. The first-order chi connectivity index (χ1) is 9.63. The molecule has 0 heterocycles. The molecule has 0 spiro atoms. The molecule has 102 valence electrons. The summed E-state index contributed by atoms with van der Waals surface area (Å²) < 4.78 is 36.4. The van der Waals surface area contributed by atoms with Crippen LogP contribution in [0.2, 0.25) is 0 Å². The molecule has 0 aliphatic rings. The zero-order valence-corrected chi connectivity index (χ0v) is 10.7. The van der Waals surface area contributed by atoms with E-state index in [1.54, 1.807) is 18.2 Å². The molecule has 2 aromatic carbocycles. The summed E-state index contributed by atoms with van der Waals surface area (Å²) in [6.45, 7) is 0.0689. The highest BCUT2D eigenvalue weighted by Gasteiger charge is 2.07. The smallest absolute Gasteiger partial charge is 0.162 e. The highest BCUT2D eigenvalue weighted by atomic mass is 19.2. The van der Waals surface area contributed by atoms with Crippen molar-refractivity contribution < 1.29 is 18.3 Å². The van der Waals surface area contributed by atoms with E-state index in [0.717, 1.165) is 12.1 Å². The molecule has 2 aromatic rings. The topological polar surface area (TPSA) is 42.2 Å². The van der Waals surface area contributed by atoms with Crippen LogP contribution in [0.5, 0.6) is 11.5 Å². The zero-order valence-electron chi connectivity index (χ0n) is 10.7. The molecule has 0 N–H and O–H groups in total. The number of halogens is 2. The van der Waals surface area contributed by atoms with Crippen LogP contribution in [-0.4, -0.2) is 7.11 Å². The highest BCUT2D eigenvalue weighted by molar-refractivity contribution is 5.46. The molecule has 2 rings (SSSR count). The molecule has 0 aliphatic carbocycles. The van der Waals surface area contributed by atoms with E-state index in [-0.39, 0.29) is 6.61 Å². The summed E-state index contributed by atoms with van der Waals surface area (Å²) in [4.78, 5) is 0. The number of ether oxygens (including phenoxy) is 2. The molecular formula is C15H11F2NO2. The van der Waals surface area contributed by atoms with Crippen molar-refractivity contribution in [2.45, 2.75) is 6.61 Å². The van der Waals surface area contributed by atoms with E-state index in [2.05, 4.69) is 0 Å². The summed E-state index contributed by atoms with van der Waals surface area (Å²) in [6.07, 6.45) is 0. The van der Waals surface area contributed by atoms with E-state index in [1.165, 1.54) is 13.2 Å². The molecule has 0 radical (unpaired) electrons. The third kappa shape index (κ3) is 3.04. The standard InChI is InChI=1S/C15H11F2NO2/c1-19-15-7-10(8-18)3-5-14(15)20-9-11-2-4-12(16)13(17)6-11/h2-7H,9H2,1H3. The minimum Gasteiger partial charge on any atom is -0.493 e. The van der Waals surface area contributed by atoms with Crippen LogP contribution in [0.4, 0.5) is 8.78 Å². The molecule has 0 fully saturated rings. The Bertz CT molecular complexity index is 665. The minimum absolute atomic E-state index is 0.0689. The summed E-state index contributed by atoms with van der Waals surface area (Å²) in [7, 11) is 1.46. The first kappa shape index (κ1) is 13.8. The lowest BCUT2D eigenvalue weighted by molar-refractivity contribution is 0.283. The molecule has 3 nitrogen and oxygen atoms in total. The number of methoxy groups -OCH3 is 1. The predicted octanol–water partition coefficient (Wildman–Crippen LogP) is 3.42. The first-order valence-corrected chi connectivity index (χ1v) is 5.79. The Morgan fingerprint density at radius 1 is 1.05 bits per heavy atom. The second-order valence-corrected chi connectivity index (χ2v) is 4.01. The van der Waals surface area contributed by atoms with Crippen LogP contribution in [-0.2, 0) is 6.61 Å². The van der Waals surface area contributed by atoms with Gasteiger partial charge in [-0.2, -0.15) is 5.26 Å². The molecule has 0 aliphatic heterocycles. The van der Waals surface area contributed by atoms with Gasteiger partial charge in [0, 0.05) is 6.07 Å². The maximum absolute atomic E-state index is 13.1. The van der Waals surface area contributed by atoms with E-state index in [0.29, 0.717) is 22.6 Å². The van der Waals surface area contributed by atoms with Crippen LogP contribution in [0.15, 0.2) is 36.4 Å². The van der Waals surface area contributed by atoms with Crippen molar-refractivity contribution in [2.75, 3.05) is 7.11 Å². The SMILES string of the molecule is COc1cc(C#N)ccc1OCc1ccc(F)c(F)c1. The quantitative estimate of drug-likeness (QED) is 0.858. The summed E-state index contributed by atoms with van der Waals surface area (Å²) in [5.41, 5.74) is 0.942. The van der Waals surface area contributed by atoms with E-state index >= 15 is 0 Å². The lowest BCUT2D eigenvalue weighted by Crippen LogP contribution is -1.99. The number of hydrogen-bond acceptors (Lipinski definition) is 3. The maximum Gasteiger partial charge on any atom is 0.162 e. The molecule has 0 bridgehead atoms. The van der Waals surface area contributed by atoms with Crippen molar-refractivity contribution >= 4 is 0 Å². The van der Waals surface area contributed by atoms with Gasteiger partial charge in [0.05, 0.1) is 18.7 Å². The summed E-state index contributed by atoms with van der Waals surface area (Å²) in [6, 6.07) is 10.3. The van der Waals surface area contributed by atoms with Crippen molar-refractivity contribution in [3.8, 4) is 17.6 Å². The minimum atomic E-state index is -0.919. The van der Waals surface area contributed by atoms with Crippen LogP contribution in [0.3, 0.4) is 0 Å². The Morgan fingerprint density at radius 2 is 1.85 bits per heavy atom. The van der Waals surface area contributed by atoms with Crippen molar-refractivity contribution in [2.24, 2.45) is 0 Å². The van der Waals surface area contributed by atoms with Gasteiger partial charge in [-0.05, 0) is 29.8 Å². The molecule has 0 amide bonds. The largest absolute Gasteiger partial charge is 0.493 e. The first-order valence-electron chi connectivity index (χ1n) is 5.79. The zero-order chi connectivity index (χ0) is 14.5. The predicted molar refractivity (Wildman–Crippen MR) is 68.4 cm³/mol. The Hall–Kier alpha value is -2.61. The second kappa shape index (κ2) is 6.02. The average Bonchev–Trinajstić information content (AvgIpc) is 2.48. The fourth-order valence-corrected chi connectivity index (χ4v) is 1.65. The van der Waals surface area contributed by atoms with Gasteiger partial charge in [0.25, 0.3) is 0 Å². The fraction of sp³-hybridized carbons (Fsp3) is 0.133. The van der Waals surface area contributed by atoms with Crippen LogP contribution in [0.25, 0.3) is 0 Å². The van der Waals surface area contributed by atoms with Gasteiger partial charge in [-0.1, -0.05) is 6.07 Å². The number of benzene rings is 2. The molecule has 0 atom stereocenters. The molecular weight excluding hydrogens is 264 g/mol. The van der Waals surface area contributed by atoms with Crippen LogP contribution >= 0.6 is 0 Å². The van der Waals surface area contributed by atoms with Gasteiger partial charge in [-0.25, -0.2) is 8.78 Å². The highest BCUT2D eigenvalue weighted by Crippen LogP contribution is 2.28. The molecule has 20 heavy (non-hydrogen) atoms. The molecule has 0 saturated carbocycles. The van der Waals surface area contributed by atoms with E-state index in [4.69, 9.17) is 14.7 Å². The van der Waals surface area contributed by atoms with E-state index in [9.17, 15) is 8.78 Å². The molecule has 0 saturated heterocycles. The van der Waals surface area contributed by atoms with Gasteiger partial charge in [0.2, 0.25) is 0 Å². The van der Waals surface area contributed by atoms with Crippen molar-refractivity contribution in [1.82, 2.24) is 0 Å². The van der Waals surface area contributed by atoms with E-state index < -0.39 is 11.6 Å². The van der Waals surface area contributed by atoms with Gasteiger partial charge in [-0.3, -0.25) is 0 Å². The fourth-order valence-electron chi connectivity index (χ4n) is 1.65. The van der Waals surface area contributed by atoms with Crippen molar-refractivity contribution in [1.29, 1.82) is 5.26 Å². The van der Waals surface area contributed by atoms with Crippen molar-refractivity contribution in [3.05, 3.63) is 59.2 Å². The lowest BCUT2D eigenvalue weighted by atomic mass is 10.2. The molecule has 0 aromatic heterocycles. The lowest BCUT2D eigenvalue weighted by Gasteiger charge is -2.11. The monoisotopic (exact) mass is 275 g/mol. The van der Waals surface area contributed by atoms with Crippen LogP contribution in [0.1, 0.15) is 11.1 Å². The number of rotatable bonds is 4. The van der Waals surface area contributed by atoms with Crippen LogP contribution < -0.4 is 9.47 Å². The number of hydrogen-bond donors (Lipinski definition) is 0. The third-order valence-corrected chi connectivity index (χ3v) is 2.67. The van der Waals surface area contributed by atoms with Crippen molar-refractivity contribution in [3.63, 3.8) is 0 Å². The average molecular weight is 275 g/mol. The summed E-state index contributed by atoms with van der Waals surface area (Å²) in [5, 5.41) is 8.79.